The maximum absolute atomic E-state index is 14.6. The Kier molecular flexibility index (Phi) is 32.5. The van der Waals surface area contributed by atoms with Gasteiger partial charge in [-0.2, -0.15) is 10.2 Å². The molecule has 0 saturated carbocycles. The fraction of sp³-hybridized carbons (Fsp3) is 0.510. The van der Waals surface area contributed by atoms with E-state index in [1.54, 1.807) is 47.6 Å². The summed E-state index contributed by atoms with van der Waals surface area (Å²) in [6, 6.07) is 47.3. The number of anilines is 3. The van der Waals surface area contributed by atoms with Gasteiger partial charge >= 0.3 is 5.69 Å². The summed E-state index contributed by atoms with van der Waals surface area (Å²) in [4.78, 5) is 34.1. The Bertz CT molecular complexity index is 5310. The van der Waals surface area contributed by atoms with Crippen LogP contribution in [0.4, 0.5) is 30.2 Å². The molecule has 0 radical (unpaired) electrons. The van der Waals surface area contributed by atoms with Crippen LogP contribution < -0.4 is 29.9 Å². The summed E-state index contributed by atoms with van der Waals surface area (Å²) in [6.45, 7) is 52.8. The maximum atomic E-state index is 14.6. The highest BCUT2D eigenvalue weighted by molar-refractivity contribution is 6.31. The van der Waals surface area contributed by atoms with Crippen molar-refractivity contribution >= 4 is 40.3 Å². The minimum Gasteiger partial charge on any atom is -0.491 e. The van der Waals surface area contributed by atoms with E-state index >= 15 is 0 Å². The van der Waals surface area contributed by atoms with E-state index < -0.39 is 40.3 Å². The zero-order valence-corrected chi connectivity index (χ0v) is 80.4. The molecule has 4 saturated heterocycles. The molecular weight excluding hydrogens is 1670 g/mol. The van der Waals surface area contributed by atoms with Crippen LogP contribution in [0.5, 0.6) is 11.5 Å². The second kappa shape index (κ2) is 41.9. The lowest BCUT2D eigenvalue weighted by Crippen LogP contribution is -2.48. The minimum absolute atomic E-state index is 0.000442. The Morgan fingerprint density at radius 3 is 1.34 bits per heavy atom. The van der Waals surface area contributed by atoms with Crippen molar-refractivity contribution in [2.45, 2.75) is 237 Å². The molecule has 14 rings (SSSR count). The third-order valence-corrected chi connectivity index (χ3v) is 24.3. The molecule has 3 aromatic heterocycles. The van der Waals surface area contributed by atoms with Gasteiger partial charge in [-0.05, 0) is 209 Å². The molecule has 7 heterocycles. The highest BCUT2D eigenvalue weighted by atomic mass is 35.5. The lowest BCUT2D eigenvalue weighted by atomic mass is 9.70. The van der Waals surface area contributed by atoms with E-state index in [1.165, 1.54) is 47.2 Å². The molecule has 4 fully saturated rings. The van der Waals surface area contributed by atoms with E-state index in [0.717, 1.165) is 121 Å². The number of nitrogens with zero attached hydrogens (tertiary/aromatic N) is 12. The van der Waals surface area contributed by atoms with Gasteiger partial charge in [-0.25, -0.2) is 46.8 Å². The second-order valence-corrected chi connectivity index (χ2v) is 41.0. The number of aromatic nitrogens is 8. The van der Waals surface area contributed by atoms with Gasteiger partial charge in [0.25, 0.3) is 0 Å². The van der Waals surface area contributed by atoms with Crippen molar-refractivity contribution in [3.05, 3.63) is 265 Å². The summed E-state index contributed by atoms with van der Waals surface area (Å²) >= 11 is 13.4. The predicted molar refractivity (Wildman–Crippen MR) is 504 cm³/mol. The quantitative estimate of drug-likeness (QED) is 0.0546. The normalized spacial score (nSPS) is 19.7. The third-order valence-electron chi connectivity index (χ3n) is 23.7. The molecular formula is C102H135Cl2F3N12O9. The fourth-order valence-corrected chi connectivity index (χ4v) is 18.2. The van der Waals surface area contributed by atoms with Crippen molar-refractivity contribution in [2.24, 2.45) is 21.7 Å². The topological polar surface area (TPSA) is 205 Å². The Morgan fingerprint density at radius 1 is 0.508 bits per heavy atom. The van der Waals surface area contributed by atoms with Gasteiger partial charge in [0.2, 0.25) is 0 Å². The van der Waals surface area contributed by atoms with Gasteiger partial charge in [-0.3, -0.25) is 4.90 Å². The number of aryl methyl sites for hydroxylation is 4. The monoisotopic (exact) mass is 1800 g/mol. The number of halogens is 5. The third kappa shape index (κ3) is 26.1. The summed E-state index contributed by atoms with van der Waals surface area (Å²) in [5.74, 6) is -2.34. The molecule has 8 atom stereocenters. The molecule has 692 valence electrons. The molecule has 10 aromatic rings. The minimum atomic E-state index is -1.59. The zero-order chi connectivity index (χ0) is 93.1. The summed E-state index contributed by atoms with van der Waals surface area (Å²) in [6.07, 6.45) is 9.37. The van der Waals surface area contributed by atoms with Crippen molar-refractivity contribution in [3.8, 4) is 17.2 Å². The summed E-state index contributed by atoms with van der Waals surface area (Å²) in [5.41, 5.74) is 7.00. The van der Waals surface area contributed by atoms with Crippen LogP contribution in [0.15, 0.2) is 182 Å². The van der Waals surface area contributed by atoms with Crippen molar-refractivity contribution in [1.29, 1.82) is 0 Å². The number of hydrogen-bond acceptors (Lipinski definition) is 18. The van der Waals surface area contributed by atoms with Crippen molar-refractivity contribution in [3.63, 3.8) is 0 Å². The Hall–Kier alpha value is -9.21. The van der Waals surface area contributed by atoms with Gasteiger partial charge in [0.05, 0.1) is 43.4 Å². The number of benzene rings is 7. The highest BCUT2D eigenvalue weighted by Gasteiger charge is 2.50. The molecule has 0 spiro atoms. The van der Waals surface area contributed by atoms with E-state index in [0.29, 0.717) is 67.3 Å². The van der Waals surface area contributed by atoms with Crippen molar-refractivity contribution in [1.82, 2.24) is 44.0 Å². The van der Waals surface area contributed by atoms with E-state index in [-0.39, 0.29) is 75.6 Å². The van der Waals surface area contributed by atoms with Gasteiger partial charge in [0, 0.05) is 127 Å². The Balaban J connectivity index is 0.000000174. The molecule has 0 amide bonds. The smallest absolute Gasteiger partial charge is 0.350 e. The molecule has 21 nitrogen and oxygen atoms in total. The van der Waals surface area contributed by atoms with Gasteiger partial charge in [0.1, 0.15) is 85.1 Å². The summed E-state index contributed by atoms with van der Waals surface area (Å²) in [5, 5.41) is 32.3. The van der Waals surface area contributed by atoms with Crippen LogP contribution in [0, 0.1) is 66.8 Å². The molecule has 2 unspecified atom stereocenters. The summed E-state index contributed by atoms with van der Waals surface area (Å²) < 4.78 is 86.0. The molecule has 26 heteroatoms. The SMILES string of the molecule is CCC(C)n1ncn(-c2ccc(N3CCN(c4ccc(OC[C@H]5CO[C@](CC(C)(C)C)(c6ccc(C)cc6Cl)O5)cc4)CC3)cc2)c1=O.Cc1ccc(C(O)(Cn2cncn2)CC(C)(C)C)c(F)c1.Cc1ccc([C@@](O)(CC(C)(C)C)[C@@H](C)c2ncncc2F)c(F)c1.Cc1ccc([C@@]2(CC(C)(C)C)OC[C@H](COc3ccc(N4CCN(C(C)C)CC4)cc3)O2)c(Cl)c1. The number of ether oxygens (including phenoxy) is 6. The first-order chi connectivity index (χ1) is 60.2. The number of hydrogen-bond donors (Lipinski definition) is 2. The summed E-state index contributed by atoms with van der Waals surface area (Å²) in [7, 11) is 0. The van der Waals surface area contributed by atoms with Crippen LogP contribution in [-0.2, 0) is 48.3 Å². The fourth-order valence-electron chi connectivity index (χ4n) is 17.4. The van der Waals surface area contributed by atoms with Crippen molar-refractivity contribution in [2.75, 3.05) is 93.5 Å². The van der Waals surface area contributed by atoms with E-state index in [2.05, 4.69) is 168 Å². The lowest BCUT2D eigenvalue weighted by molar-refractivity contribution is -0.198. The van der Waals surface area contributed by atoms with Gasteiger partial charge in [0.15, 0.2) is 17.4 Å². The maximum Gasteiger partial charge on any atom is 0.350 e. The first-order valence-corrected chi connectivity index (χ1v) is 45.6. The van der Waals surface area contributed by atoms with Crippen molar-refractivity contribution < 1.29 is 51.8 Å². The standard InChI is InChI=1S/C38H48ClN5O4.C29H41ClN2O3.C19H24F2N2O.C16H22FN3O/c1-7-28(3)44-36(45)43(26-40-44)31-11-9-29(10-12-31)41-18-20-42(21-19-41)30-13-15-32(16-14-30)46-23-33-24-47-38(48-33,25-37(4,5)6)34-17-8-27(2)22-35(34)39;1-21(2)31-13-15-32(16-14-31)23-8-10-24(11-9-23)33-18-25-19-34-29(35-25,20-28(4,5)6)26-12-7-22(3)17-27(26)30;1-12-6-7-14(15(20)8-12)19(24,10-18(3,4)5)13(2)17-16(21)9-22-11-23-17;1-12-5-6-13(14(17)7-12)16(21,8-15(2,3)4)9-20-11-18-10-19-20/h8-17,22,26,28,33H,7,18-21,23-25H2,1-6H3;7-12,17,21,25H,13-16,18-20H2,1-6H3;6-9,11,13,24H,10H2,1-5H3;5-7,10-11,21H,8-9H2,1-4H3/t28?,33-,38-;25-,29-;13-,19+;/m000./s1. The van der Waals surface area contributed by atoms with E-state index in [9.17, 15) is 28.2 Å². The van der Waals surface area contributed by atoms with Crippen LogP contribution in [0.3, 0.4) is 0 Å². The zero-order valence-electron chi connectivity index (χ0n) is 78.9. The molecule has 2 N–H and O–H groups in total. The first-order valence-electron chi connectivity index (χ1n) is 44.9. The predicted octanol–water partition coefficient (Wildman–Crippen LogP) is 21.2. The van der Waals surface area contributed by atoms with Crippen LogP contribution >= 0.6 is 23.2 Å². The largest absolute Gasteiger partial charge is 0.491 e. The average Bonchev–Trinajstić information content (AvgIpc) is 1.58. The van der Waals surface area contributed by atoms with Gasteiger partial charge < -0.3 is 53.3 Å². The molecule has 4 aliphatic rings. The molecule has 4 aliphatic heterocycles. The van der Waals surface area contributed by atoms with Gasteiger partial charge in [-0.15, -0.1) is 0 Å². The van der Waals surface area contributed by atoms with E-state index in [1.807, 2.05) is 124 Å². The van der Waals surface area contributed by atoms with E-state index in [4.69, 9.17) is 51.6 Å². The second-order valence-electron chi connectivity index (χ2n) is 40.2. The van der Waals surface area contributed by atoms with Crippen LogP contribution in [0.1, 0.15) is 212 Å². The first kappa shape index (κ1) is 99.4. The number of aliphatic hydroxyl groups is 2. The number of rotatable bonds is 25. The van der Waals surface area contributed by atoms with Crippen LogP contribution in [0.2, 0.25) is 10.0 Å². The Labute approximate surface area is 766 Å². The van der Waals surface area contributed by atoms with Crippen LogP contribution in [-0.4, -0.2) is 151 Å². The highest BCUT2D eigenvalue weighted by Crippen LogP contribution is 2.50. The molecule has 128 heavy (non-hydrogen) atoms. The Morgan fingerprint density at radius 2 is 0.938 bits per heavy atom. The lowest BCUT2D eigenvalue weighted by Gasteiger charge is -2.39. The number of piperazine rings is 2. The van der Waals surface area contributed by atoms with Gasteiger partial charge in [-0.1, -0.05) is 169 Å². The molecule has 0 bridgehead atoms. The van der Waals surface area contributed by atoms with Crippen LogP contribution in [0.25, 0.3) is 5.69 Å². The average molecular weight is 1800 g/mol. The molecule has 7 aromatic carbocycles. The molecule has 0 aliphatic carbocycles.